The van der Waals surface area contributed by atoms with Gasteiger partial charge in [0.25, 0.3) is 0 Å². The molecule has 40 heavy (non-hydrogen) atoms. The fraction of sp³-hybridized carbons (Fsp3) is 0.118. The molecular weight excluding hydrogens is 502 g/mol. The van der Waals surface area contributed by atoms with Crippen LogP contribution in [0.25, 0.3) is 27.7 Å². The number of hydrogen-bond donors (Lipinski definition) is 0. The Hall–Kier alpha value is -5.10. The molecule has 0 atom stereocenters. The average Bonchev–Trinajstić information content (AvgIpc) is 3.62. The number of aromatic nitrogens is 1. The van der Waals surface area contributed by atoms with Crippen molar-refractivity contribution in [2.75, 3.05) is 0 Å². The standard InChI is InChI=1S/C34H25NO5/c1-2-25-26-17-18-27(39-20-22-11-7-4-8-12-22)31-29-30(34(37)40-33(29)36)32(35(26)31)28(25)23-13-15-24(16-14-23)38-19-21-9-5-3-6-10-21/h3-18H,2,19-20H2,1H3. The van der Waals surface area contributed by atoms with Gasteiger partial charge in [0.15, 0.2) is 0 Å². The summed E-state index contributed by atoms with van der Waals surface area (Å²) in [5, 5.41) is 0. The summed E-state index contributed by atoms with van der Waals surface area (Å²) >= 11 is 0. The Morgan fingerprint density at radius 3 is 1.88 bits per heavy atom. The first-order valence-corrected chi connectivity index (χ1v) is 13.3. The summed E-state index contributed by atoms with van der Waals surface area (Å²) in [6.45, 7) is 2.90. The number of esters is 2. The van der Waals surface area contributed by atoms with Crippen molar-refractivity contribution >= 4 is 28.5 Å². The Balaban J connectivity index is 1.34. The van der Waals surface area contributed by atoms with Crippen molar-refractivity contribution in [3.05, 3.63) is 125 Å². The number of carbonyl (C=O) groups is 2. The summed E-state index contributed by atoms with van der Waals surface area (Å²) < 4.78 is 19.3. The maximum absolute atomic E-state index is 13.0. The van der Waals surface area contributed by atoms with E-state index in [0.29, 0.717) is 35.6 Å². The summed E-state index contributed by atoms with van der Waals surface area (Å²) in [5.41, 5.74) is 7.77. The number of hydrogen-bond acceptors (Lipinski definition) is 5. The minimum Gasteiger partial charge on any atom is -0.489 e. The molecule has 0 fully saturated rings. The van der Waals surface area contributed by atoms with Gasteiger partial charge in [-0.1, -0.05) is 79.7 Å². The van der Waals surface area contributed by atoms with E-state index in [1.54, 1.807) is 0 Å². The summed E-state index contributed by atoms with van der Waals surface area (Å²) in [6.07, 6.45) is 0.736. The number of ether oxygens (including phenoxy) is 3. The van der Waals surface area contributed by atoms with E-state index in [-0.39, 0.29) is 5.56 Å². The molecule has 6 nitrogen and oxygen atoms in total. The van der Waals surface area contributed by atoms with Gasteiger partial charge >= 0.3 is 11.9 Å². The molecule has 7 rings (SSSR count). The smallest absolute Gasteiger partial charge is 0.349 e. The number of nitrogens with zero attached hydrogens (tertiary/aromatic N) is 1. The van der Waals surface area contributed by atoms with Gasteiger partial charge in [0.2, 0.25) is 0 Å². The summed E-state index contributed by atoms with van der Waals surface area (Å²) in [7, 11) is 0. The molecule has 3 aromatic carbocycles. The predicted octanol–water partition coefficient (Wildman–Crippen LogP) is 7.23. The topological polar surface area (TPSA) is 66.2 Å². The molecule has 0 unspecified atom stereocenters. The van der Waals surface area contributed by atoms with Crippen LogP contribution >= 0.6 is 0 Å². The zero-order chi connectivity index (χ0) is 27.2. The lowest BCUT2D eigenvalue weighted by Crippen LogP contribution is -2.03. The van der Waals surface area contributed by atoms with Crippen molar-refractivity contribution in [2.45, 2.75) is 26.6 Å². The maximum atomic E-state index is 13.0. The Labute approximate surface area is 230 Å². The van der Waals surface area contributed by atoms with Crippen molar-refractivity contribution < 1.29 is 23.8 Å². The number of rotatable bonds is 8. The molecule has 6 aromatic rings. The van der Waals surface area contributed by atoms with Gasteiger partial charge in [0.05, 0.1) is 11.0 Å². The van der Waals surface area contributed by atoms with Crippen molar-refractivity contribution in [3.63, 3.8) is 0 Å². The normalized spacial score (nSPS) is 12.7. The highest BCUT2D eigenvalue weighted by atomic mass is 16.6. The zero-order valence-corrected chi connectivity index (χ0v) is 21.8. The van der Waals surface area contributed by atoms with E-state index in [9.17, 15) is 9.59 Å². The van der Waals surface area contributed by atoms with Gasteiger partial charge in [-0.15, -0.1) is 0 Å². The van der Waals surface area contributed by atoms with Crippen LogP contribution < -0.4 is 9.47 Å². The van der Waals surface area contributed by atoms with Crippen LogP contribution in [-0.4, -0.2) is 16.3 Å². The van der Waals surface area contributed by atoms with E-state index in [1.165, 1.54) is 0 Å². The molecule has 3 aromatic heterocycles. The second-order valence-electron chi connectivity index (χ2n) is 9.82. The Morgan fingerprint density at radius 2 is 1.25 bits per heavy atom. The van der Waals surface area contributed by atoms with Gasteiger partial charge in [-0.05, 0) is 52.9 Å². The average molecular weight is 528 g/mol. The molecule has 0 saturated heterocycles. The van der Waals surface area contributed by atoms with E-state index in [2.05, 4.69) is 6.92 Å². The van der Waals surface area contributed by atoms with E-state index >= 15 is 0 Å². The highest BCUT2D eigenvalue weighted by Crippen LogP contribution is 2.46. The van der Waals surface area contributed by atoms with Crippen LogP contribution in [0.3, 0.4) is 0 Å². The molecule has 0 aliphatic carbocycles. The van der Waals surface area contributed by atoms with Crippen molar-refractivity contribution in [2.24, 2.45) is 0 Å². The van der Waals surface area contributed by atoms with E-state index < -0.39 is 11.9 Å². The van der Waals surface area contributed by atoms with Gasteiger partial charge in [-0.25, -0.2) is 9.59 Å². The SMILES string of the molecule is CCc1c(-c2ccc(OCc3ccccc3)cc2)c2c3c(c4c(OCc5ccccc5)ccc1n42)C(=O)OC3=O. The monoisotopic (exact) mass is 527 g/mol. The predicted molar refractivity (Wildman–Crippen MR) is 152 cm³/mol. The quantitative estimate of drug-likeness (QED) is 0.154. The molecule has 0 bridgehead atoms. The zero-order valence-electron chi connectivity index (χ0n) is 21.8. The van der Waals surface area contributed by atoms with Crippen molar-refractivity contribution in [1.82, 2.24) is 4.40 Å². The van der Waals surface area contributed by atoms with E-state index in [1.807, 2.05) is 101 Å². The largest absolute Gasteiger partial charge is 0.489 e. The van der Waals surface area contributed by atoms with Gasteiger partial charge in [-0.3, -0.25) is 0 Å². The van der Waals surface area contributed by atoms with Gasteiger partial charge in [-0.2, -0.15) is 0 Å². The van der Waals surface area contributed by atoms with E-state index in [0.717, 1.165) is 45.5 Å². The van der Waals surface area contributed by atoms with E-state index in [4.69, 9.17) is 14.2 Å². The Morgan fingerprint density at radius 1 is 0.650 bits per heavy atom. The molecular formula is C34H25NO5. The summed E-state index contributed by atoms with van der Waals surface area (Å²) in [6, 6.07) is 31.6. The lowest BCUT2D eigenvalue weighted by Gasteiger charge is -2.10. The Bertz CT molecular complexity index is 1870. The van der Waals surface area contributed by atoms with Crippen LogP contribution in [0.1, 0.15) is 44.3 Å². The summed E-state index contributed by atoms with van der Waals surface area (Å²) in [5.74, 6) is 0.00680. The Kier molecular flexibility index (Phi) is 5.74. The molecule has 196 valence electrons. The molecule has 0 N–H and O–H groups in total. The number of aryl methyl sites for hydroxylation is 1. The summed E-state index contributed by atoms with van der Waals surface area (Å²) in [4.78, 5) is 26.0. The van der Waals surface area contributed by atoms with Crippen LogP contribution in [0.2, 0.25) is 0 Å². The van der Waals surface area contributed by atoms with Crippen LogP contribution in [0.5, 0.6) is 11.5 Å². The molecule has 0 saturated carbocycles. The number of carbonyl (C=O) groups excluding carboxylic acids is 2. The first-order chi connectivity index (χ1) is 19.6. The molecule has 0 radical (unpaired) electrons. The molecule has 1 aliphatic rings. The number of benzene rings is 3. The molecule has 0 amide bonds. The van der Waals surface area contributed by atoms with Crippen molar-refractivity contribution in [3.8, 4) is 22.6 Å². The second-order valence-corrected chi connectivity index (χ2v) is 9.82. The van der Waals surface area contributed by atoms with Crippen LogP contribution in [0.4, 0.5) is 0 Å². The first-order valence-electron chi connectivity index (χ1n) is 13.3. The number of cyclic esters (lactones) is 2. The molecule has 4 heterocycles. The lowest BCUT2D eigenvalue weighted by atomic mass is 9.97. The fourth-order valence-corrected chi connectivity index (χ4v) is 5.66. The number of pyridine rings is 1. The molecule has 6 heteroatoms. The third kappa shape index (κ3) is 3.80. The minimum atomic E-state index is -0.644. The maximum Gasteiger partial charge on any atom is 0.349 e. The van der Waals surface area contributed by atoms with Gasteiger partial charge in [0.1, 0.15) is 41.4 Å². The van der Waals surface area contributed by atoms with Crippen LogP contribution in [0.15, 0.2) is 97.1 Å². The third-order valence-electron chi connectivity index (χ3n) is 7.46. The first kappa shape index (κ1) is 24.0. The highest BCUT2D eigenvalue weighted by Gasteiger charge is 2.40. The minimum absolute atomic E-state index is 0.264. The van der Waals surface area contributed by atoms with Crippen molar-refractivity contribution in [1.29, 1.82) is 0 Å². The highest BCUT2D eigenvalue weighted by molar-refractivity contribution is 6.26. The molecule has 1 aliphatic heterocycles. The fourth-order valence-electron chi connectivity index (χ4n) is 5.66. The van der Waals surface area contributed by atoms with Crippen LogP contribution in [-0.2, 0) is 24.4 Å². The second kappa shape index (κ2) is 9.58. The number of fused-ring (bicyclic) bond motifs is 3. The van der Waals surface area contributed by atoms with Gasteiger partial charge < -0.3 is 18.6 Å². The van der Waals surface area contributed by atoms with Crippen LogP contribution in [0, 0.1) is 0 Å². The molecule has 0 spiro atoms. The lowest BCUT2D eigenvalue weighted by molar-refractivity contribution is 0.0444. The third-order valence-corrected chi connectivity index (χ3v) is 7.46. The van der Waals surface area contributed by atoms with Gasteiger partial charge in [0, 0.05) is 5.56 Å².